The Labute approximate surface area is 188 Å². The minimum Gasteiger partial charge on any atom is -0.455 e. The van der Waals surface area contributed by atoms with Crippen LogP contribution in [0, 0.1) is 24.0 Å². The van der Waals surface area contributed by atoms with E-state index in [1.165, 1.54) is 24.3 Å². The van der Waals surface area contributed by atoms with Gasteiger partial charge in [-0.05, 0) is 50.5 Å². The van der Waals surface area contributed by atoms with Gasteiger partial charge in [-0.2, -0.15) is 5.10 Å². The molecule has 0 atom stereocenters. The summed E-state index contributed by atoms with van der Waals surface area (Å²) in [5.74, 6) is 0.238. The molecule has 1 aliphatic carbocycles. The number of anilines is 1. The lowest BCUT2D eigenvalue weighted by Crippen LogP contribution is -2.22. The molecule has 10 nitrogen and oxygen atoms in total. The van der Waals surface area contributed by atoms with Gasteiger partial charge in [0.2, 0.25) is 0 Å². The van der Waals surface area contributed by atoms with Crippen LogP contribution in [0.25, 0.3) is 0 Å². The van der Waals surface area contributed by atoms with Gasteiger partial charge in [0, 0.05) is 41.4 Å². The highest BCUT2D eigenvalue weighted by molar-refractivity contribution is 6.09. The lowest BCUT2D eigenvalue weighted by atomic mass is 9.93. The topological polar surface area (TPSA) is 140 Å². The largest absolute Gasteiger partial charge is 0.455 e. The van der Waals surface area contributed by atoms with Crippen molar-refractivity contribution in [2.45, 2.75) is 33.1 Å². The van der Waals surface area contributed by atoms with Crippen LogP contribution in [0.4, 0.5) is 11.5 Å². The van der Waals surface area contributed by atoms with E-state index in [4.69, 9.17) is 4.42 Å². The molecule has 3 aromatic rings. The first-order chi connectivity index (χ1) is 15.8. The minimum atomic E-state index is -0.567. The molecule has 33 heavy (non-hydrogen) atoms. The Bertz CT molecular complexity index is 1290. The fourth-order valence-electron chi connectivity index (χ4n) is 3.72. The summed E-state index contributed by atoms with van der Waals surface area (Å²) in [5.41, 5.74) is 5.28. The number of nitrogens with one attached hydrogen (secondary N) is 2. The molecule has 0 bridgehead atoms. The van der Waals surface area contributed by atoms with E-state index in [0.717, 1.165) is 12.0 Å². The number of rotatable bonds is 5. The van der Waals surface area contributed by atoms with E-state index in [9.17, 15) is 19.7 Å². The smallest absolute Gasteiger partial charge is 0.292 e. The summed E-state index contributed by atoms with van der Waals surface area (Å²) in [5, 5.41) is 17.9. The molecule has 0 unspecified atom stereocenters. The summed E-state index contributed by atoms with van der Waals surface area (Å²) in [7, 11) is 0. The van der Waals surface area contributed by atoms with E-state index in [1.54, 1.807) is 19.2 Å². The molecule has 2 N–H and O–H groups in total. The number of nitro groups is 1. The van der Waals surface area contributed by atoms with Gasteiger partial charge in [-0.1, -0.05) is 6.07 Å². The van der Waals surface area contributed by atoms with Gasteiger partial charge >= 0.3 is 0 Å². The third kappa shape index (κ3) is 4.64. The van der Waals surface area contributed by atoms with Gasteiger partial charge < -0.3 is 9.73 Å². The fourth-order valence-corrected chi connectivity index (χ4v) is 3.72. The Morgan fingerprint density at radius 3 is 2.73 bits per heavy atom. The van der Waals surface area contributed by atoms with E-state index in [-0.39, 0.29) is 17.0 Å². The molecule has 0 radical (unpaired) electrons. The first-order valence-electron chi connectivity index (χ1n) is 10.3. The fraction of sp³-hybridized carbons (Fsp3) is 0.217. The third-order valence-electron chi connectivity index (χ3n) is 5.30. The molecule has 0 aliphatic heterocycles. The van der Waals surface area contributed by atoms with Crippen LogP contribution in [0.3, 0.4) is 0 Å². The maximum absolute atomic E-state index is 12.8. The number of benzene rings is 1. The molecule has 0 fully saturated rings. The van der Waals surface area contributed by atoms with Crippen molar-refractivity contribution >= 4 is 29.0 Å². The Morgan fingerprint density at radius 1 is 1.15 bits per heavy atom. The van der Waals surface area contributed by atoms with Crippen LogP contribution in [0.15, 0.2) is 52.1 Å². The van der Waals surface area contributed by atoms with Crippen LogP contribution in [-0.2, 0) is 6.42 Å². The number of furan rings is 1. The Hall–Kier alpha value is -4.34. The highest BCUT2D eigenvalue weighted by Crippen LogP contribution is 2.30. The van der Waals surface area contributed by atoms with Crippen molar-refractivity contribution in [3.8, 4) is 0 Å². The summed E-state index contributed by atoms with van der Waals surface area (Å²) in [6.45, 7) is 3.67. The van der Waals surface area contributed by atoms with Crippen LogP contribution in [-0.4, -0.2) is 27.4 Å². The van der Waals surface area contributed by atoms with Crippen molar-refractivity contribution < 1.29 is 18.9 Å². The number of hydrogen-bond acceptors (Lipinski definition) is 7. The number of amides is 2. The molecule has 2 heterocycles. The summed E-state index contributed by atoms with van der Waals surface area (Å²) in [6.07, 6.45) is 3.58. The molecule has 0 saturated carbocycles. The zero-order chi connectivity index (χ0) is 23.5. The molecule has 10 heteroatoms. The van der Waals surface area contributed by atoms with E-state index in [2.05, 4.69) is 20.8 Å². The van der Waals surface area contributed by atoms with Gasteiger partial charge in [-0.25, -0.2) is 10.4 Å². The quantitative estimate of drug-likeness (QED) is 0.449. The van der Waals surface area contributed by atoms with Crippen LogP contribution < -0.4 is 10.7 Å². The van der Waals surface area contributed by atoms with Crippen LogP contribution >= 0.6 is 0 Å². The second kappa shape index (κ2) is 9.03. The number of nitrogens with zero attached hydrogens (tertiary/aromatic N) is 3. The van der Waals surface area contributed by atoms with Crippen molar-refractivity contribution in [1.29, 1.82) is 0 Å². The van der Waals surface area contributed by atoms with Gasteiger partial charge in [0.1, 0.15) is 11.6 Å². The monoisotopic (exact) mass is 447 g/mol. The van der Waals surface area contributed by atoms with Crippen LogP contribution in [0.1, 0.15) is 56.2 Å². The highest BCUT2D eigenvalue weighted by Gasteiger charge is 2.28. The van der Waals surface area contributed by atoms with Crippen molar-refractivity contribution in [2.75, 3.05) is 5.32 Å². The van der Waals surface area contributed by atoms with Crippen molar-refractivity contribution in [1.82, 2.24) is 10.4 Å². The van der Waals surface area contributed by atoms with Gasteiger partial charge in [0.25, 0.3) is 17.5 Å². The van der Waals surface area contributed by atoms with E-state index < -0.39 is 16.7 Å². The number of fused-ring (bicyclic) bond motifs is 1. The molecule has 0 spiro atoms. The molecule has 2 aromatic heterocycles. The Morgan fingerprint density at radius 2 is 1.97 bits per heavy atom. The maximum Gasteiger partial charge on any atom is 0.292 e. The number of pyridine rings is 1. The molecule has 1 aliphatic rings. The summed E-state index contributed by atoms with van der Waals surface area (Å²) in [6, 6.07) is 8.99. The first-order valence-corrected chi connectivity index (χ1v) is 10.3. The van der Waals surface area contributed by atoms with Crippen LogP contribution in [0.2, 0.25) is 0 Å². The summed E-state index contributed by atoms with van der Waals surface area (Å²) in [4.78, 5) is 39.8. The van der Waals surface area contributed by atoms with Gasteiger partial charge in [-0.3, -0.25) is 19.7 Å². The lowest BCUT2D eigenvalue weighted by Gasteiger charge is -2.13. The third-order valence-corrected chi connectivity index (χ3v) is 5.30. The van der Waals surface area contributed by atoms with Crippen molar-refractivity contribution in [3.63, 3.8) is 0 Å². The van der Waals surface area contributed by atoms with Crippen molar-refractivity contribution in [2.24, 2.45) is 5.10 Å². The average molecular weight is 447 g/mol. The number of aromatic nitrogens is 1. The normalized spacial score (nSPS) is 13.9. The number of nitro benzene ring substituents is 1. The number of hydrogen-bond donors (Lipinski definition) is 2. The highest BCUT2D eigenvalue weighted by atomic mass is 16.6. The molecule has 2 amide bonds. The second-order valence-corrected chi connectivity index (χ2v) is 7.69. The summed E-state index contributed by atoms with van der Waals surface area (Å²) < 4.78 is 5.86. The molecule has 1 aromatic carbocycles. The van der Waals surface area contributed by atoms with Crippen molar-refractivity contribution in [3.05, 3.63) is 86.5 Å². The Balaban J connectivity index is 1.56. The zero-order valence-electron chi connectivity index (χ0n) is 18.0. The predicted octanol–water partition coefficient (Wildman–Crippen LogP) is 3.92. The van der Waals surface area contributed by atoms with Crippen LogP contribution in [0.5, 0.6) is 0 Å². The first kappa shape index (κ1) is 21.9. The van der Waals surface area contributed by atoms with E-state index >= 15 is 0 Å². The zero-order valence-corrected chi connectivity index (χ0v) is 18.0. The number of aryl methyl sites for hydroxylation is 2. The Kier molecular flexibility index (Phi) is 5.99. The lowest BCUT2D eigenvalue weighted by molar-refractivity contribution is -0.384. The molecule has 0 saturated heterocycles. The van der Waals surface area contributed by atoms with E-state index in [1.807, 2.05) is 13.0 Å². The van der Waals surface area contributed by atoms with Gasteiger partial charge in [0.15, 0.2) is 5.76 Å². The SMILES string of the molecule is Cc1ccnc(NC(=O)c2oc3c(c2C)/C(=N/NC(=O)c2cccc([N+](=O)[O-])c2)CCC3)c1. The minimum absolute atomic E-state index is 0.124. The molecular formula is C23H21N5O5. The molecule has 168 valence electrons. The number of carbonyl (C=O) groups excluding carboxylic acids is 2. The number of hydrazone groups is 1. The average Bonchev–Trinajstić information content (AvgIpc) is 3.15. The van der Waals surface area contributed by atoms with E-state index in [0.29, 0.717) is 41.3 Å². The molecule has 4 rings (SSSR count). The maximum atomic E-state index is 12.8. The number of non-ortho nitro benzene ring substituents is 1. The number of carbonyl (C=O) groups is 2. The standard InChI is InChI=1S/C23H21N5O5/c1-13-9-10-24-19(11-13)25-23(30)21-14(2)20-17(7-4-8-18(20)33-21)26-27-22(29)15-5-3-6-16(12-15)28(31)32/h3,5-6,9-12H,4,7-8H2,1-2H3,(H,27,29)(H,24,25,30)/b26-17+. The van der Waals surface area contributed by atoms with Gasteiger partial charge in [0.05, 0.1) is 10.6 Å². The molecular weight excluding hydrogens is 426 g/mol. The van der Waals surface area contributed by atoms with Gasteiger partial charge in [-0.15, -0.1) is 0 Å². The summed E-state index contributed by atoms with van der Waals surface area (Å²) >= 11 is 0. The predicted molar refractivity (Wildman–Crippen MR) is 120 cm³/mol. The second-order valence-electron chi connectivity index (χ2n) is 7.69.